The number of nitrogens with zero attached hydrogens (tertiary/aromatic N) is 9. The van der Waals surface area contributed by atoms with Gasteiger partial charge in [0.2, 0.25) is 0 Å². The summed E-state index contributed by atoms with van der Waals surface area (Å²) >= 11 is 0. The molecule has 0 N–H and O–H groups in total. The first-order valence-electron chi connectivity index (χ1n) is 9.44. The fourth-order valence-corrected chi connectivity index (χ4v) is 3.38. The van der Waals surface area contributed by atoms with E-state index in [0.717, 1.165) is 59.3 Å². The Morgan fingerprint density at radius 3 is 1.00 bits per heavy atom. The van der Waals surface area contributed by atoms with Gasteiger partial charge in [0.15, 0.2) is 0 Å². The minimum absolute atomic E-state index is 0.818. The van der Waals surface area contributed by atoms with Gasteiger partial charge in [0.1, 0.15) is 0 Å². The first kappa shape index (κ1) is 17.9. The predicted molar refractivity (Wildman–Crippen MR) is 101 cm³/mol. The zero-order chi connectivity index (χ0) is 18.3. The van der Waals surface area contributed by atoms with Crippen LogP contribution in [0.4, 0.5) is 0 Å². The van der Waals surface area contributed by atoms with Crippen molar-refractivity contribution in [1.29, 1.82) is 0 Å². The Morgan fingerprint density at radius 2 is 0.778 bits per heavy atom. The minimum Gasteiger partial charge on any atom is -0.282 e. The molecule has 4 rings (SSSR count). The van der Waals surface area contributed by atoms with Gasteiger partial charge >= 0.3 is 0 Å². The molecular formula is C18H27N9. The van der Waals surface area contributed by atoms with Crippen molar-refractivity contribution in [2.75, 3.05) is 39.3 Å². The Morgan fingerprint density at radius 1 is 0.481 bits per heavy atom. The van der Waals surface area contributed by atoms with Crippen LogP contribution in [-0.4, -0.2) is 83.3 Å². The Bertz CT molecular complexity index is 634. The standard InChI is InChI=1S/C18H27N9/c1-4-19-25(7-1)16-22-10-12-23(17-26-8-2-5-20-26)14-15-24(13-11-22)18-27-9-3-6-21-27/h1-9H,10-18H2. The second-order valence-corrected chi connectivity index (χ2v) is 6.91. The molecule has 0 saturated carbocycles. The highest BCUT2D eigenvalue weighted by Gasteiger charge is 2.17. The molecule has 0 unspecified atom stereocenters. The first-order valence-corrected chi connectivity index (χ1v) is 9.44. The summed E-state index contributed by atoms with van der Waals surface area (Å²) in [6.45, 7) is 8.52. The molecule has 3 aromatic rings. The molecule has 0 aromatic carbocycles. The summed E-state index contributed by atoms with van der Waals surface area (Å²) in [5.74, 6) is 0. The summed E-state index contributed by atoms with van der Waals surface area (Å²) in [5, 5.41) is 13.1. The van der Waals surface area contributed by atoms with E-state index in [1.54, 1.807) is 0 Å². The highest BCUT2D eigenvalue weighted by molar-refractivity contribution is 4.81. The highest BCUT2D eigenvalue weighted by Crippen LogP contribution is 2.05. The second kappa shape index (κ2) is 8.94. The Balaban J connectivity index is 1.43. The highest BCUT2D eigenvalue weighted by atomic mass is 15.4. The van der Waals surface area contributed by atoms with E-state index in [2.05, 4.69) is 30.0 Å². The lowest BCUT2D eigenvalue weighted by atomic mass is 10.4. The van der Waals surface area contributed by atoms with Crippen LogP contribution in [0.3, 0.4) is 0 Å². The fraction of sp³-hybridized carbons (Fsp3) is 0.500. The van der Waals surface area contributed by atoms with Gasteiger partial charge in [-0.15, -0.1) is 0 Å². The average molecular weight is 369 g/mol. The van der Waals surface area contributed by atoms with Gasteiger partial charge in [0.25, 0.3) is 0 Å². The van der Waals surface area contributed by atoms with E-state index >= 15 is 0 Å². The third kappa shape index (κ3) is 5.25. The van der Waals surface area contributed by atoms with E-state index in [0.29, 0.717) is 0 Å². The normalized spacial score (nSPS) is 18.2. The molecule has 0 bridgehead atoms. The van der Waals surface area contributed by atoms with Crippen molar-refractivity contribution in [1.82, 2.24) is 44.0 Å². The molecule has 144 valence electrons. The van der Waals surface area contributed by atoms with Crippen LogP contribution in [0.25, 0.3) is 0 Å². The van der Waals surface area contributed by atoms with Crippen molar-refractivity contribution in [3.05, 3.63) is 55.4 Å². The van der Waals surface area contributed by atoms with Gasteiger partial charge < -0.3 is 0 Å². The van der Waals surface area contributed by atoms with Crippen molar-refractivity contribution < 1.29 is 0 Å². The maximum Gasteiger partial charge on any atom is 0.0929 e. The summed E-state index contributed by atoms with van der Waals surface area (Å²) < 4.78 is 5.98. The molecule has 4 heterocycles. The molecule has 0 aliphatic carbocycles. The molecule has 27 heavy (non-hydrogen) atoms. The van der Waals surface area contributed by atoms with E-state index in [4.69, 9.17) is 0 Å². The fourth-order valence-electron chi connectivity index (χ4n) is 3.38. The van der Waals surface area contributed by atoms with Crippen LogP contribution < -0.4 is 0 Å². The molecule has 9 heteroatoms. The van der Waals surface area contributed by atoms with Crippen LogP contribution >= 0.6 is 0 Å². The third-order valence-corrected chi connectivity index (χ3v) is 4.91. The van der Waals surface area contributed by atoms with Gasteiger partial charge in [-0.3, -0.25) is 28.7 Å². The maximum absolute atomic E-state index is 4.37. The largest absolute Gasteiger partial charge is 0.282 e. The van der Waals surface area contributed by atoms with Crippen molar-refractivity contribution in [2.45, 2.75) is 20.0 Å². The Labute approximate surface area is 159 Å². The maximum atomic E-state index is 4.37. The van der Waals surface area contributed by atoms with Crippen molar-refractivity contribution in [2.24, 2.45) is 0 Å². The summed E-state index contributed by atoms with van der Waals surface area (Å²) in [5.41, 5.74) is 0. The SMILES string of the molecule is c1cnn(CN2CCN(Cn3cccn3)CCN(Cn3cccn3)CC2)c1. The molecule has 1 aliphatic heterocycles. The van der Waals surface area contributed by atoms with E-state index in [-0.39, 0.29) is 0 Å². The zero-order valence-electron chi connectivity index (χ0n) is 15.6. The molecule has 1 fully saturated rings. The van der Waals surface area contributed by atoms with E-state index in [1.807, 2.05) is 69.4 Å². The molecule has 9 nitrogen and oxygen atoms in total. The molecule has 0 radical (unpaired) electrons. The van der Waals surface area contributed by atoms with Gasteiger partial charge in [-0.25, -0.2) is 0 Å². The van der Waals surface area contributed by atoms with E-state index in [1.165, 1.54) is 0 Å². The number of hydrogen-bond acceptors (Lipinski definition) is 6. The number of aromatic nitrogens is 6. The molecule has 0 spiro atoms. The van der Waals surface area contributed by atoms with Crippen molar-refractivity contribution >= 4 is 0 Å². The van der Waals surface area contributed by atoms with Gasteiger partial charge in [-0.05, 0) is 18.2 Å². The zero-order valence-corrected chi connectivity index (χ0v) is 15.6. The summed E-state index contributed by atoms with van der Waals surface area (Å²) in [7, 11) is 0. The first-order chi connectivity index (χ1) is 13.3. The molecule has 3 aromatic heterocycles. The molecule has 1 aliphatic rings. The van der Waals surface area contributed by atoms with Gasteiger partial charge in [-0.2, -0.15) is 15.3 Å². The third-order valence-electron chi connectivity index (χ3n) is 4.91. The summed E-state index contributed by atoms with van der Waals surface area (Å²) in [4.78, 5) is 7.39. The van der Waals surface area contributed by atoms with Crippen LogP contribution in [-0.2, 0) is 20.0 Å². The van der Waals surface area contributed by atoms with Crippen molar-refractivity contribution in [3.63, 3.8) is 0 Å². The van der Waals surface area contributed by atoms with Gasteiger partial charge in [0, 0.05) is 76.4 Å². The topological polar surface area (TPSA) is 63.2 Å². The lowest BCUT2D eigenvalue weighted by molar-refractivity contribution is 0.157. The van der Waals surface area contributed by atoms with Crippen LogP contribution in [0.5, 0.6) is 0 Å². The lowest BCUT2D eigenvalue weighted by Gasteiger charge is -2.25. The smallest absolute Gasteiger partial charge is 0.0929 e. The van der Waals surface area contributed by atoms with Crippen LogP contribution in [0, 0.1) is 0 Å². The van der Waals surface area contributed by atoms with E-state index in [9.17, 15) is 0 Å². The van der Waals surface area contributed by atoms with Gasteiger partial charge in [0.05, 0.1) is 20.0 Å². The van der Waals surface area contributed by atoms with E-state index < -0.39 is 0 Å². The van der Waals surface area contributed by atoms with Crippen molar-refractivity contribution in [3.8, 4) is 0 Å². The second-order valence-electron chi connectivity index (χ2n) is 6.91. The molecule has 1 saturated heterocycles. The number of rotatable bonds is 6. The summed E-state index contributed by atoms with van der Waals surface area (Å²) in [6.07, 6.45) is 11.6. The quantitative estimate of drug-likeness (QED) is 0.629. The number of hydrogen-bond donors (Lipinski definition) is 0. The van der Waals surface area contributed by atoms with Crippen LogP contribution in [0.15, 0.2) is 55.4 Å². The average Bonchev–Trinajstić information content (AvgIpc) is 3.44. The van der Waals surface area contributed by atoms with Crippen LogP contribution in [0.1, 0.15) is 0 Å². The predicted octanol–water partition coefficient (Wildman–Crippen LogP) is 0.469. The van der Waals surface area contributed by atoms with Gasteiger partial charge in [-0.1, -0.05) is 0 Å². The van der Waals surface area contributed by atoms with Crippen LogP contribution in [0.2, 0.25) is 0 Å². The molecular weight excluding hydrogens is 342 g/mol. The lowest BCUT2D eigenvalue weighted by Crippen LogP contribution is -2.37. The molecule has 0 amide bonds. The molecule has 0 atom stereocenters. The Kier molecular flexibility index (Phi) is 5.92. The Hall–Kier alpha value is -2.49. The summed E-state index contributed by atoms with van der Waals surface area (Å²) in [6, 6.07) is 5.93. The monoisotopic (exact) mass is 369 g/mol. The minimum atomic E-state index is 0.818.